The lowest BCUT2D eigenvalue weighted by Crippen LogP contribution is -1.86. The fourth-order valence-corrected chi connectivity index (χ4v) is 1.14. The summed E-state index contributed by atoms with van der Waals surface area (Å²) in [6, 6.07) is 2.21. The minimum atomic E-state index is 1.17. The molecule has 0 fully saturated rings. The largest absolute Gasteiger partial charge is 0.264 e. The van der Waals surface area contributed by atoms with Gasteiger partial charge in [-0.15, -0.1) is 0 Å². The van der Waals surface area contributed by atoms with Gasteiger partial charge >= 0.3 is 0 Å². The summed E-state index contributed by atoms with van der Waals surface area (Å²) in [7, 11) is 0. The molecule has 0 unspecified atom stereocenters. The molecule has 1 aromatic heterocycles. The number of pyridine rings is 1. The molecule has 0 aliphatic heterocycles. The highest BCUT2D eigenvalue weighted by molar-refractivity contribution is 5.16. The van der Waals surface area contributed by atoms with Crippen LogP contribution in [0.4, 0.5) is 0 Å². The highest BCUT2D eigenvalue weighted by Crippen LogP contribution is 2.05. The Morgan fingerprint density at radius 3 is 2.82 bits per heavy atom. The van der Waals surface area contributed by atoms with E-state index in [1.165, 1.54) is 30.4 Å². The zero-order valence-electron chi connectivity index (χ0n) is 7.30. The average molecular weight is 149 g/mol. The Labute approximate surface area is 68.5 Å². The van der Waals surface area contributed by atoms with Crippen LogP contribution in [-0.4, -0.2) is 4.98 Å². The molecule has 0 spiro atoms. The first-order valence-corrected chi connectivity index (χ1v) is 4.23. The number of rotatable bonds is 3. The predicted octanol–water partition coefficient (Wildman–Crippen LogP) is 2.73. The Kier molecular flexibility index (Phi) is 3.09. The normalized spacial score (nSPS) is 10.0. The second-order valence-electron chi connectivity index (χ2n) is 2.97. The molecule has 0 saturated carbocycles. The van der Waals surface area contributed by atoms with Crippen molar-refractivity contribution in [3.05, 3.63) is 29.6 Å². The Morgan fingerprint density at radius 1 is 1.36 bits per heavy atom. The monoisotopic (exact) mass is 149 g/mol. The summed E-state index contributed by atoms with van der Waals surface area (Å²) in [5.74, 6) is 0. The highest BCUT2D eigenvalue weighted by atomic mass is 14.6. The fourth-order valence-electron chi connectivity index (χ4n) is 1.14. The van der Waals surface area contributed by atoms with Crippen molar-refractivity contribution in [2.24, 2.45) is 0 Å². The number of aryl methyl sites for hydroxylation is 2. The second-order valence-corrected chi connectivity index (χ2v) is 2.97. The molecule has 60 valence electrons. The maximum atomic E-state index is 4.14. The molecule has 1 rings (SSSR count). The van der Waals surface area contributed by atoms with Crippen molar-refractivity contribution < 1.29 is 0 Å². The standard InChI is InChI=1S/C10H15N/c1-3-4-5-10-6-9(2)7-11-8-10/h6-8H,3-5H2,1-2H3. The van der Waals surface area contributed by atoms with Gasteiger partial charge in [-0.25, -0.2) is 0 Å². The highest BCUT2D eigenvalue weighted by Gasteiger charge is 1.91. The lowest BCUT2D eigenvalue weighted by atomic mass is 10.1. The van der Waals surface area contributed by atoms with Crippen molar-refractivity contribution in [3.63, 3.8) is 0 Å². The third kappa shape index (κ3) is 2.71. The van der Waals surface area contributed by atoms with Gasteiger partial charge in [0.15, 0.2) is 0 Å². The Bertz CT molecular complexity index is 218. The maximum Gasteiger partial charge on any atom is 0.0300 e. The van der Waals surface area contributed by atoms with Gasteiger partial charge in [0.1, 0.15) is 0 Å². The fraction of sp³-hybridized carbons (Fsp3) is 0.500. The summed E-state index contributed by atoms with van der Waals surface area (Å²) in [5, 5.41) is 0. The first-order valence-electron chi connectivity index (χ1n) is 4.23. The molecule has 0 aliphatic rings. The Balaban J connectivity index is 2.56. The number of unbranched alkanes of at least 4 members (excludes halogenated alkanes) is 1. The molecular weight excluding hydrogens is 134 g/mol. The van der Waals surface area contributed by atoms with E-state index < -0.39 is 0 Å². The Hall–Kier alpha value is -0.850. The first-order chi connectivity index (χ1) is 5.33. The summed E-state index contributed by atoms with van der Waals surface area (Å²) in [4.78, 5) is 4.14. The van der Waals surface area contributed by atoms with E-state index in [9.17, 15) is 0 Å². The minimum absolute atomic E-state index is 1.17. The molecule has 0 bridgehead atoms. The molecule has 1 heterocycles. The van der Waals surface area contributed by atoms with Gasteiger partial charge < -0.3 is 0 Å². The zero-order chi connectivity index (χ0) is 8.10. The smallest absolute Gasteiger partial charge is 0.0300 e. The third-order valence-electron chi connectivity index (χ3n) is 1.75. The molecule has 1 heteroatoms. The van der Waals surface area contributed by atoms with E-state index in [-0.39, 0.29) is 0 Å². The number of aromatic nitrogens is 1. The molecular formula is C10H15N. The van der Waals surface area contributed by atoms with Crippen LogP contribution in [0.15, 0.2) is 18.5 Å². The van der Waals surface area contributed by atoms with Crippen LogP contribution in [0.25, 0.3) is 0 Å². The van der Waals surface area contributed by atoms with Crippen LogP contribution in [0, 0.1) is 6.92 Å². The van der Waals surface area contributed by atoms with Gasteiger partial charge in [0, 0.05) is 12.4 Å². The molecule has 1 aromatic rings. The van der Waals surface area contributed by atoms with Crippen molar-refractivity contribution >= 4 is 0 Å². The minimum Gasteiger partial charge on any atom is -0.264 e. The molecule has 0 aliphatic carbocycles. The zero-order valence-corrected chi connectivity index (χ0v) is 7.30. The summed E-state index contributed by atoms with van der Waals surface area (Å²) in [6.07, 6.45) is 7.56. The van der Waals surface area contributed by atoms with Crippen molar-refractivity contribution in [2.75, 3.05) is 0 Å². The van der Waals surface area contributed by atoms with Gasteiger partial charge in [-0.3, -0.25) is 4.98 Å². The van der Waals surface area contributed by atoms with E-state index in [1.807, 2.05) is 12.4 Å². The summed E-state index contributed by atoms with van der Waals surface area (Å²) in [6.45, 7) is 4.30. The molecule has 0 saturated heterocycles. The molecule has 0 radical (unpaired) electrons. The van der Waals surface area contributed by atoms with Gasteiger partial charge in [0.05, 0.1) is 0 Å². The van der Waals surface area contributed by atoms with Crippen molar-refractivity contribution in [2.45, 2.75) is 33.1 Å². The van der Waals surface area contributed by atoms with Crippen molar-refractivity contribution in [3.8, 4) is 0 Å². The molecule has 0 N–H and O–H groups in total. The predicted molar refractivity (Wildman–Crippen MR) is 47.6 cm³/mol. The van der Waals surface area contributed by atoms with Crippen LogP contribution >= 0.6 is 0 Å². The van der Waals surface area contributed by atoms with E-state index in [0.29, 0.717) is 0 Å². The van der Waals surface area contributed by atoms with Crippen LogP contribution in [0.5, 0.6) is 0 Å². The summed E-state index contributed by atoms with van der Waals surface area (Å²) >= 11 is 0. The van der Waals surface area contributed by atoms with E-state index in [2.05, 4.69) is 24.9 Å². The average Bonchev–Trinajstić information content (AvgIpc) is 2.01. The van der Waals surface area contributed by atoms with Crippen molar-refractivity contribution in [1.82, 2.24) is 4.98 Å². The molecule has 1 nitrogen and oxygen atoms in total. The summed E-state index contributed by atoms with van der Waals surface area (Å²) in [5.41, 5.74) is 2.63. The molecule has 0 aromatic carbocycles. The van der Waals surface area contributed by atoms with Gasteiger partial charge in [-0.1, -0.05) is 19.4 Å². The van der Waals surface area contributed by atoms with Gasteiger partial charge in [-0.2, -0.15) is 0 Å². The van der Waals surface area contributed by atoms with Gasteiger partial charge in [-0.05, 0) is 30.9 Å². The SMILES string of the molecule is CCCCc1cncc(C)c1. The topological polar surface area (TPSA) is 12.9 Å². The number of hydrogen-bond donors (Lipinski definition) is 0. The van der Waals surface area contributed by atoms with E-state index in [1.54, 1.807) is 0 Å². The van der Waals surface area contributed by atoms with Crippen LogP contribution in [0.2, 0.25) is 0 Å². The lowest BCUT2D eigenvalue weighted by Gasteiger charge is -1.98. The van der Waals surface area contributed by atoms with E-state index >= 15 is 0 Å². The van der Waals surface area contributed by atoms with Crippen LogP contribution in [0.1, 0.15) is 30.9 Å². The third-order valence-corrected chi connectivity index (χ3v) is 1.75. The van der Waals surface area contributed by atoms with Gasteiger partial charge in [0.2, 0.25) is 0 Å². The molecule has 11 heavy (non-hydrogen) atoms. The van der Waals surface area contributed by atoms with Crippen LogP contribution in [0.3, 0.4) is 0 Å². The van der Waals surface area contributed by atoms with Crippen LogP contribution < -0.4 is 0 Å². The molecule has 0 atom stereocenters. The van der Waals surface area contributed by atoms with Crippen LogP contribution in [-0.2, 0) is 6.42 Å². The van der Waals surface area contributed by atoms with E-state index in [4.69, 9.17) is 0 Å². The second kappa shape index (κ2) is 4.12. The van der Waals surface area contributed by atoms with Gasteiger partial charge in [0.25, 0.3) is 0 Å². The Morgan fingerprint density at radius 2 is 2.18 bits per heavy atom. The quantitative estimate of drug-likeness (QED) is 0.644. The molecule has 0 amide bonds. The van der Waals surface area contributed by atoms with E-state index in [0.717, 1.165) is 0 Å². The first kappa shape index (κ1) is 8.25. The maximum absolute atomic E-state index is 4.14. The number of hydrogen-bond acceptors (Lipinski definition) is 1. The lowest BCUT2D eigenvalue weighted by molar-refractivity contribution is 0.791. The summed E-state index contributed by atoms with van der Waals surface area (Å²) < 4.78 is 0. The number of nitrogens with zero attached hydrogens (tertiary/aromatic N) is 1. The van der Waals surface area contributed by atoms with Crippen molar-refractivity contribution in [1.29, 1.82) is 0 Å².